The predicted octanol–water partition coefficient (Wildman–Crippen LogP) is 5.22. The molecule has 0 bridgehead atoms. The van der Waals surface area contributed by atoms with Gasteiger partial charge in [0.1, 0.15) is 5.41 Å². The molecule has 1 aromatic heterocycles. The lowest BCUT2D eigenvalue weighted by Crippen LogP contribution is -2.47. The molecule has 2 aromatic carbocycles. The molecule has 3 aromatic rings. The maximum atomic E-state index is 12.7. The van der Waals surface area contributed by atoms with Gasteiger partial charge in [0.25, 0.3) is 0 Å². The van der Waals surface area contributed by atoms with Crippen LogP contribution in [0.4, 0.5) is 0 Å². The molecule has 0 spiro atoms. The molecule has 0 aliphatic carbocycles. The van der Waals surface area contributed by atoms with E-state index in [0.29, 0.717) is 35.8 Å². The number of nitrogens with two attached hydrogens (primary N) is 2. The van der Waals surface area contributed by atoms with Crippen molar-refractivity contribution >= 4 is 23.5 Å². The lowest BCUT2D eigenvalue weighted by atomic mass is 9.73. The van der Waals surface area contributed by atoms with E-state index in [1.807, 2.05) is 60.7 Å². The summed E-state index contributed by atoms with van der Waals surface area (Å²) in [5, 5.41) is 9.29. The summed E-state index contributed by atoms with van der Waals surface area (Å²) >= 11 is 5.72. The highest BCUT2D eigenvalue weighted by Crippen LogP contribution is 2.35. The molecule has 0 saturated heterocycles. The lowest BCUT2D eigenvalue weighted by Gasteiger charge is -2.36. The maximum absolute atomic E-state index is 12.7. The van der Waals surface area contributed by atoms with Gasteiger partial charge < -0.3 is 16.6 Å². The van der Waals surface area contributed by atoms with Crippen molar-refractivity contribution in [2.24, 2.45) is 11.5 Å². The van der Waals surface area contributed by atoms with Gasteiger partial charge in [-0.15, -0.1) is 0 Å². The van der Waals surface area contributed by atoms with Crippen molar-refractivity contribution in [3.8, 4) is 0 Å². The van der Waals surface area contributed by atoms with Crippen LogP contribution in [0.2, 0.25) is 5.02 Å². The van der Waals surface area contributed by atoms with Crippen molar-refractivity contribution in [3.05, 3.63) is 101 Å². The first-order valence-corrected chi connectivity index (χ1v) is 13.6. The average Bonchev–Trinajstić information content (AvgIpc) is 2.91. The number of carboxylic acids is 1. The highest BCUT2D eigenvalue weighted by molar-refractivity contribution is 6.30. The third kappa shape index (κ3) is 8.88. The van der Waals surface area contributed by atoms with E-state index in [2.05, 4.69) is 37.6 Å². The Hall–Kier alpha value is -3.26. The predicted molar refractivity (Wildman–Crippen MR) is 158 cm³/mol. The van der Waals surface area contributed by atoms with Gasteiger partial charge in [-0.1, -0.05) is 60.1 Å². The largest absolute Gasteiger partial charge is 0.481 e. The van der Waals surface area contributed by atoms with Crippen LogP contribution in [0.3, 0.4) is 0 Å². The maximum Gasteiger partial charge on any atom is 0.304 e. The summed E-state index contributed by atoms with van der Waals surface area (Å²) < 4.78 is 0. The van der Waals surface area contributed by atoms with Crippen LogP contribution in [0.25, 0.3) is 0 Å². The van der Waals surface area contributed by atoms with E-state index < -0.39 is 11.4 Å². The van der Waals surface area contributed by atoms with Crippen LogP contribution in [0.5, 0.6) is 0 Å². The van der Waals surface area contributed by atoms with Gasteiger partial charge in [0, 0.05) is 35.8 Å². The first-order chi connectivity index (χ1) is 18.5. The Morgan fingerprint density at radius 3 is 2.00 bits per heavy atom. The molecule has 7 nitrogen and oxygen atoms in total. The number of carbonyl (C=O) groups excluding carboxylic acids is 1. The molecule has 210 valence electrons. The summed E-state index contributed by atoms with van der Waals surface area (Å²) in [6, 6.07) is 23.3. The lowest BCUT2D eigenvalue weighted by molar-refractivity contribution is -0.137. The third-order valence-corrected chi connectivity index (χ3v) is 7.16. The number of pyridine rings is 1. The van der Waals surface area contributed by atoms with Crippen molar-refractivity contribution in [2.75, 3.05) is 13.1 Å². The Morgan fingerprint density at radius 2 is 1.54 bits per heavy atom. The van der Waals surface area contributed by atoms with Crippen LogP contribution in [0.1, 0.15) is 63.3 Å². The van der Waals surface area contributed by atoms with Crippen LogP contribution in [-0.4, -0.2) is 52.0 Å². The number of primary amides is 1. The number of carboxylic acid groups (broad SMARTS) is 1. The number of carbonyl (C=O) groups is 2. The normalized spacial score (nSPS) is 13.5. The highest BCUT2D eigenvalue weighted by atomic mass is 35.5. The zero-order chi connectivity index (χ0) is 29.0. The van der Waals surface area contributed by atoms with Gasteiger partial charge in [-0.25, -0.2) is 0 Å². The number of aliphatic carboxylic acids is 1. The number of hydrogen-bond acceptors (Lipinski definition) is 5. The minimum atomic E-state index is -0.926. The van der Waals surface area contributed by atoms with Gasteiger partial charge in [-0.2, -0.15) is 0 Å². The molecule has 39 heavy (non-hydrogen) atoms. The summed E-state index contributed by atoms with van der Waals surface area (Å²) in [6.45, 7) is 9.80. The number of hydrogen-bond donors (Lipinski definition) is 3. The molecule has 0 aliphatic heterocycles. The van der Waals surface area contributed by atoms with Crippen LogP contribution in [0, 0.1) is 0 Å². The Labute approximate surface area is 237 Å². The molecular weight excluding hydrogens is 512 g/mol. The molecule has 1 heterocycles. The fraction of sp³-hybridized carbons (Fsp3) is 0.387. The number of aromatic nitrogens is 1. The zero-order valence-electron chi connectivity index (χ0n) is 23.3. The van der Waals surface area contributed by atoms with Gasteiger partial charge in [-0.05, 0) is 76.1 Å². The summed E-state index contributed by atoms with van der Waals surface area (Å²) in [6.07, 6.45) is 2.37. The van der Waals surface area contributed by atoms with E-state index in [0.717, 1.165) is 17.7 Å². The average molecular weight is 553 g/mol. The molecule has 1 unspecified atom stereocenters. The number of halogens is 1. The van der Waals surface area contributed by atoms with Crippen LogP contribution in [0.15, 0.2) is 79.0 Å². The smallest absolute Gasteiger partial charge is 0.304 e. The summed E-state index contributed by atoms with van der Waals surface area (Å²) in [5.74, 6) is -1.33. The SMILES string of the molecule is CC(C)N(CC[C@](C(N)=O)(c1ccccc1)c1ccccn1)C(C)C.NCC(CC(=O)O)c1ccc(Cl)cc1. The van der Waals surface area contributed by atoms with E-state index in [4.69, 9.17) is 28.2 Å². The molecule has 1 amide bonds. The fourth-order valence-corrected chi connectivity index (χ4v) is 4.97. The standard InChI is InChI=1S/C21H29N3O.C10H12ClNO2/c1-16(2)24(17(3)4)15-13-21(20(22)25,18-10-6-5-7-11-18)19-12-8-9-14-23-19;11-9-3-1-7(2-4-9)8(6-12)5-10(13)14/h5-12,14,16-17H,13,15H2,1-4H3,(H2,22,25);1-4,8H,5-6,12H2,(H,13,14)/t21-;/m0./s1. The summed E-state index contributed by atoms with van der Waals surface area (Å²) in [5.41, 5.74) is 13.1. The Morgan fingerprint density at radius 1 is 0.949 bits per heavy atom. The highest BCUT2D eigenvalue weighted by Gasteiger charge is 2.42. The molecule has 2 atom stereocenters. The van der Waals surface area contributed by atoms with E-state index in [1.54, 1.807) is 18.3 Å². The Balaban J connectivity index is 0.000000322. The molecular formula is C31H41ClN4O3. The molecule has 8 heteroatoms. The van der Waals surface area contributed by atoms with Crippen molar-refractivity contribution in [2.45, 2.75) is 64.0 Å². The monoisotopic (exact) mass is 552 g/mol. The minimum Gasteiger partial charge on any atom is -0.481 e. The quantitative estimate of drug-likeness (QED) is 0.283. The molecule has 0 saturated carbocycles. The van der Waals surface area contributed by atoms with Crippen molar-refractivity contribution in [1.29, 1.82) is 0 Å². The van der Waals surface area contributed by atoms with Crippen LogP contribution in [-0.2, 0) is 15.0 Å². The van der Waals surface area contributed by atoms with Gasteiger partial charge in [0.15, 0.2) is 0 Å². The van der Waals surface area contributed by atoms with Gasteiger partial charge in [0.05, 0.1) is 12.1 Å². The Bertz CT molecular complexity index is 1110. The molecule has 3 rings (SSSR count). The summed E-state index contributed by atoms with van der Waals surface area (Å²) in [7, 11) is 0. The second-order valence-electron chi connectivity index (χ2n) is 10.1. The van der Waals surface area contributed by atoms with Gasteiger partial charge in [0.2, 0.25) is 5.91 Å². The minimum absolute atomic E-state index is 0.0537. The molecule has 5 N–H and O–H groups in total. The van der Waals surface area contributed by atoms with Gasteiger partial charge >= 0.3 is 5.97 Å². The van der Waals surface area contributed by atoms with Gasteiger partial charge in [-0.3, -0.25) is 19.5 Å². The first-order valence-electron chi connectivity index (χ1n) is 13.2. The molecule has 0 radical (unpaired) electrons. The zero-order valence-corrected chi connectivity index (χ0v) is 24.0. The summed E-state index contributed by atoms with van der Waals surface area (Å²) in [4.78, 5) is 30.1. The number of amides is 1. The number of rotatable bonds is 12. The number of benzene rings is 2. The van der Waals surface area contributed by atoms with E-state index in [1.165, 1.54) is 0 Å². The van der Waals surface area contributed by atoms with Crippen molar-refractivity contribution in [1.82, 2.24) is 9.88 Å². The van der Waals surface area contributed by atoms with E-state index >= 15 is 0 Å². The van der Waals surface area contributed by atoms with Crippen molar-refractivity contribution < 1.29 is 14.7 Å². The third-order valence-electron chi connectivity index (χ3n) is 6.91. The van der Waals surface area contributed by atoms with E-state index in [9.17, 15) is 9.59 Å². The Kier molecular flexibility index (Phi) is 12.6. The van der Waals surface area contributed by atoms with Crippen LogP contribution < -0.4 is 11.5 Å². The topological polar surface area (TPSA) is 123 Å². The van der Waals surface area contributed by atoms with Crippen molar-refractivity contribution in [3.63, 3.8) is 0 Å². The first kappa shape index (κ1) is 32.0. The van der Waals surface area contributed by atoms with E-state index in [-0.39, 0.29) is 18.2 Å². The number of nitrogens with zero attached hydrogens (tertiary/aromatic N) is 2. The fourth-order valence-electron chi connectivity index (χ4n) is 4.84. The van der Waals surface area contributed by atoms with Crippen LogP contribution >= 0.6 is 11.6 Å². The molecule has 0 fully saturated rings. The second-order valence-corrected chi connectivity index (χ2v) is 10.5. The molecule has 0 aliphatic rings. The second kappa shape index (κ2) is 15.4.